The molecule has 3 aromatic heterocycles. The summed E-state index contributed by atoms with van der Waals surface area (Å²) in [7, 11) is -1.75. The van der Waals surface area contributed by atoms with Crippen LogP contribution in [0, 0.1) is 0 Å². The molecule has 1 fully saturated rings. The maximum absolute atomic E-state index is 12.9. The van der Waals surface area contributed by atoms with Crippen LogP contribution in [0.3, 0.4) is 0 Å². The maximum Gasteiger partial charge on any atom is 0.251 e. The fourth-order valence-corrected chi connectivity index (χ4v) is 6.35. The van der Waals surface area contributed by atoms with Crippen LogP contribution >= 0.6 is 0 Å². The SMILES string of the molecule is COC1CC(c2cccc(-c3ccc4cnc(CNC(=O)c5ccc6c(c5)S(=O)(=O)CCOC6)cc4n3)n2)C1. The lowest BCUT2D eigenvalue weighted by Crippen LogP contribution is -2.29. The number of nitrogens with zero attached hydrogens (tertiary/aromatic N) is 3. The van der Waals surface area contributed by atoms with Crippen molar-refractivity contribution < 1.29 is 22.7 Å². The van der Waals surface area contributed by atoms with Gasteiger partial charge in [-0.1, -0.05) is 12.1 Å². The average Bonchev–Trinajstić information content (AvgIpc) is 3.08. The standard InChI is InChI=1S/C29H28N4O5S/c1-37-23-11-21(12-23)24-3-2-4-25(32-24)26-8-7-19-15-30-22(14-27(19)33-26)16-31-29(34)18-5-6-20-17-38-9-10-39(35,36)28(20)13-18/h2-8,13-15,21,23H,9-12,16-17H2,1H3,(H,31,34). The Morgan fingerprint density at radius 3 is 2.77 bits per heavy atom. The van der Waals surface area contributed by atoms with Gasteiger partial charge >= 0.3 is 0 Å². The van der Waals surface area contributed by atoms with E-state index in [9.17, 15) is 13.2 Å². The van der Waals surface area contributed by atoms with Crippen LogP contribution in [-0.2, 0) is 32.5 Å². The lowest BCUT2D eigenvalue weighted by molar-refractivity contribution is 0.0248. The molecule has 1 aromatic carbocycles. The van der Waals surface area contributed by atoms with Crippen LogP contribution in [0.5, 0.6) is 0 Å². The van der Waals surface area contributed by atoms with E-state index in [2.05, 4.69) is 16.4 Å². The summed E-state index contributed by atoms with van der Waals surface area (Å²) in [4.78, 5) is 27.2. The molecule has 4 aromatic rings. The third-order valence-corrected chi connectivity index (χ3v) is 9.11. The molecule has 9 nitrogen and oxygen atoms in total. The molecular formula is C29H28N4O5S. The van der Waals surface area contributed by atoms with Gasteiger partial charge in [-0.05, 0) is 60.9 Å². The predicted molar refractivity (Wildman–Crippen MR) is 145 cm³/mol. The zero-order valence-corrected chi connectivity index (χ0v) is 22.3. The van der Waals surface area contributed by atoms with E-state index < -0.39 is 9.84 Å². The molecule has 0 spiro atoms. The number of aromatic nitrogens is 3. The zero-order chi connectivity index (χ0) is 27.0. The normalized spacial score (nSPS) is 20.0. The first-order valence-electron chi connectivity index (χ1n) is 12.9. The van der Waals surface area contributed by atoms with Gasteiger partial charge in [0, 0.05) is 35.9 Å². The van der Waals surface area contributed by atoms with Crippen molar-refractivity contribution in [2.75, 3.05) is 19.5 Å². The van der Waals surface area contributed by atoms with Crippen LogP contribution in [0.15, 0.2) is 65.7 Å². The number of methoxy groups -OCH3 is 1. The Kier molecular flexibility index (Phi) is 6.84. The van der Waals surface area contributed by atoms with Crippen molar-refractivity contribution >= 4 is 26.6 Å². The molecule has 1 aliphatic heterocycles. The highest BCUT2D eigenvalue weighted by atomic mass is 32.2. The Labute approximate surface area is 226 Å². The summed E-state index contributed by atoms with van der Waals surface area (Å²) in [6, 6.07) is 16.4. The van der Waals surface area contributed by atoms with Gasteiger partial charge in [-0.2, -0.15) is 0 Å². The molecule has 39 heavy (non-hydrogen) atoms. The molecule has 1 aliphatic carbocycles. The van der Waals surface area contributed by atoms with Crippen molar-refractivity contribution in [3.63, 3.8) is 0 Å². The second kappa shape index (κ2) is 10.4. The first-order chi connectivity index (χ1) is 18.9. The van der Waals surface area contributed by atoms with Gasteiger partial charge in [-0.25, -0.2) is 13.4 Å². The van der Waals surface area contributed by atoms with E-state index in [1.807, 2.05) is 30.3 Å². The Balaban J connectivity index is 1.18. The highest BCUT2D eigenvalue weighted by Crippen LogP contribution is 2.38. The molecule has 1 amide bonds. The topological polar surface area (TPSA) is 120 Å². The number of benzene rings is 1. The third-order valence-electron chi connectivity index (χ3n) is 7.36. The molecular weight excluding hydrogens is 516 g/mol. The van der Waals surface area contributed by atoms with Gasteiger partial charge in [0.15, 0.2) is 9.84 Å². The summed E-state index contributed by atoms with van der Waals surface area (Å²) in [6.07, 6.45) is 4.00. The van der Waals surface area contributed by atoms with Gasteiger partial charge in [0.2, 0.25) is 0 Å². The average molecular weight is 545 g/mol. The van der Waals surface area contributed by atoms with Crippen LogP contribution in [0.4, 0.5) is 0 Å². The highest BCUT2D eigenvalue weighted by molar-refractivity contribution is 7.91. The number of sulfone groups is 1. The molecule has 6 rings (SSSR count). The number of rotatable bonds is 6. The minimum Gasteiger partial charge on any atom is -0.381 e. The quantitative estimate of drug-likeness (QED) is 0.389. The number of fused-ring (bicyclic) bond motifs is 2. The monoisotopic (exact) mass is 544 g/mol. The Hall–Kier alpha value is -3.73. The lowest BCUT2D eigenvalue weighted by atomic mass is 9.80. The molecule has 10 heteroatoms. The summed E-state index contributed by atoms with van der Waals surface area (Å²) in [6.45, 7) is 0.517. The van der Waals surface area contributed by atoms with Crippen molar-refractivity contribution in [3.8, 4) is 11.4 Å². The number of ether oxygens (including phenoxy) is 2. The van der Waals surface area contributed by atoms with Gasteiger partial charge in [0.05, 0.1) is 59.1 Å². The summed E-state index contributed by atoms with van der Waals surface area (Å²) in [5.74, 6) is -0.0762. The van der Waals surface area contributed by atoms with E-state index in [0.717, 1.165) is 40.8 Å². The van der Waals surface area contributed by atoms with Crippen LogP contribution in [0.2, 0.25) is 0 Å². The molecule has 0 atom stereocenters. The summed E-state index contributed by atoms with van der Waals surface area (Å²) < 4.78 is 35.9. The lowest BCUT2D eigenvalue weighted by Gasteiger charge is -2.33. The van der Waals surface area contributed by atoms with Gasteiger partial charge in [-0.3, -0.25) is 14.8 Å². The molecule has 0 radical (unpaired) electrons. The van der Waals surface area contributed by atoms with E-state index in [1.54, 1.807) is 25.4 Å². The van der Waals surface area contributed by atoms with Crippen LogP contribution in [0.25, 0.3) is 22.3 Å². The molecule has 4 heterocycles. The first-order valence-corrected chi connectivity index (χ1v) is 14.5. The summed E-state index contributed by atoms with van der Waals surface area (Å²) >= 11 is 0. The molecule has 200 valence electrons. The number of nitrogens with one attached hydrogen (secondary N) is 1. The van der Waals surface area contributed by atoms with Crippen molar-refractivity contribution in [2.45, 2.75) is 42.9 Å². The minimum absolute atomic E-state index is 0.101. The smallest absolute Gasteiger partial charge is 0.251 e. The van der Waals surface area contributed by atoms with E-state index in [4.69, 9.17) is 19.4 Å². The number of hydrogen-bond donors (Lipinski definition) is 1. The Morgan fingerprint density at radius 2 is 1.92 bits per heavy atom. The van der Waals surface area contributed by atoms with Gasteiger partial charge in [0.1, 0.15) is 0 Å². The van der Waals surface area contributed by atoms with Crippen molar-refractivity contribution in [2.24, 2.45) is 0 Å². The van der Waals surface area contributed by atoms with Crippen LogP contribution in [0.1, 0.15) is 46.1 Å². The minimum atomic E-state index is -3.50. The Morgan fingerprint density at radius 1 is 1.08 bits per heavy atom. The van der Waals surface area contributed by atoms with Gasteiger partial charge in [-0.15, -0.1) is 0 Å². The largest absolute Gasteiger partial charge is 0.381 e. The number of hydrogen-bond acceptors (Lipinski definition) is 8. The second-order valence-corrected chi connectivity index (χ2v) is 12.0. The third kappa shape index (κ3) is 5.27. The molecule has 0 unspecified atom stereocenters. The number of amides is 1. The molecule has 2 aliphatic rings. The molecule has 0 saturated heterocycles. The van der Waals surface area contributed by atoms with Crippen molar-refractivity contribution in [3.05, 3.63) is 83.3 Å². The predicted octanol–water partition coefficient (Wildman–Crippen LogP) is 3.82. The van der Waals surface area contributed by atoms with Crippen LogP contribution in [-0.4, -0.2) is 54.9 Å². The van der Waals surface area contributed by atoms with E-state index in [-0.39, 0.29) is 41.9 Å². The van der Waals surface area contributed by atoms with Crippen LogP contribution < -0.4 is 5.32 Å². The number of pyridine rings is 3. The maximum atomic E-state index is 12.9. The van der Waals surface area contributed by atoms with Gasteiger partial charge in [0.25, 0.3) is 5.91 Å². The van der Waals surface area contributed by atoms with E-state index >= 15 is 0 Å². The summed E-state index contributed by atoms with van der Waals surface area (Å²) in [5.41, 5.74) is 4.85. The first kappa shape index (κ1) is 25.5. The zero-order valence-electron chi connectivity index (χ0n) is 21.5. The van der Waals surface area contributed by atoms with Crippen molar-refractivity contribution in [1.29, 1.82) is 0 Å². The highest BCUT2D eigenvalue weighted by Gasteiger charge is 2.31. The van der Waals surface area contributed by atoms with Crippen molar-refractivity contribution in [1.82, 2.24) is 20.3 Å². The summed E-state index contributed by atoms with van der Waals surface area (Å²) in [5, 5.41) is 3.72. The van der Waals surface area contributed by atoms with Gasteiger partial charge < -0.3 is 14.8 Å². The Bertz CT molecular complexity index is 1670. The number of carbonyl (C=O) groups is 1. The molecule has 1 saturated carbocycles. The fraction of sp³-hybridized carbons (Fsp3) is 0.310. The fourth-order valence-electron chi connectivity index (χ4n) is 4.96. The molecule has 0 bridgehead atoms. The van der Waals surface area contributed by atoms with E-state index in [0.29, 0.717) is 23.3 Å². The second-order valence-electron chi connectivity index (χ2n) is 9.92. The number of carbonyl (C=O) groups excluding carboxylic acids is 1. The van der Waals surface area contributed by atoms with E-state index in [1.165, 1.54) is 6.07 Å². The molecule has 1 N–H and O–H groups in total.